The predicted octanol–water partition coefficient (Wildman–Crippen LogP) is 2.89. The van der Waals surface area contributed by atoms with Crippen molar-refractivity contribution in [3.8, 4) is 6.07 Å². The molecule has 0 saturated heterocycles. The molecule has 0 aliphatic heterocycles. The van der Waals surface area contributed by atoms with E-state index in [1.165, 1.54) is 6.42 Å². The zero-order valence-electron chi connectivity index (χ0n) is 8.89. The van der Waals surface area contributed by atoms with Crippen molar-refractivity contribution in [3.05, 3.63) is 0 Å². The third kappa shape index (κ3) is 2.45. The van der Waals surface area contributed by atoms with Crippen LogP contribution in [0.15, 0.2) is 0 Å². The van der Waals surface area contributed by atoms with Crippen molar-refractivity contribution in [2.24, 2.45) is 5.41 Å². The molecule has 1 saturated carbocycles. The lowest BCUT2D eigenvalue weighted by atomic mass is 9.66. The zero-order valence-corrected chi connectivity index (χ0v) is 8.89. The summed E-state index contributed by atoms with van der Waals surface area (Å²) in [5, 5.41) is 9.02. The summed E-state index contributed by atoms with van der Waals surface area (Å²) in [6.07, 6.45) is 5.37. The molecule has 2 heteroatoms. The monoisotopic (exact) mass is 181 g/mol. The van der Waals surface area contributed by atoms with Gasteiger partial charge in [0.1, 0.15) is 0 Å². The van der Waals surface area contributed by atoms with E-state index < -0.39 is 0 Å². The second kappa shape index (κ2) is 3.67. The topological polar surface area (TPSA) is 33.0 Å². The molecule has 0 amide bonds. The maximum atomic E-state index is 9.02. The molecular weight excluding hydrogens is 162 g/mol. The molecule has 0 unspecified atom stereocenters. The van der Waals surface area contributed by atoms with Gasteiger partial charge in [-0.15, -0.1) is 0 Å². The predicted molar refractivity (Wildman–Crippen MR) is 52.2 cm³/mol. The van der Waals surface area contributed by atoms with Crippen molar-refractivity contribution in [1.29, 1.82) is 5.26 Å². The zero-order chi connectivity index (χ0) is 9.95. The molecule has 0 N–H and O–H groups in total. The summed E-state index contributed by atoms with van der Waals surface area (Å²) in [7, 11) is 1.74. The molecule has 0 atom stereocenters. The van der Waals surface area contributed by atoms with Crippen LogP contribution in [0.5, 0.6) is 0 Å². The third-order valence-corrected chi connectivity index (χ3v) is 3.31. The summed E-state index contributed by atoms with van der Waals surface area (Å²) < 4.78 is 5.34. The molecule has 0 radical (unpaired) electrons. The summed E-state index contributed by atoms with van der Waals surface area (Å²) in [6.45, 7) is 4.16. The number of ether oxygens (including phenoxy) is 1. The molecule has 0 bridgehead atoms. The summed E-state index contributed by atoms with van der Waals surface area (Å²) in [5.41, 5.74) is -0.0742. The summed E-state index contributed by atoms with van der Waals surface area (Å²) in [4.78, 5) is 0. The fourth-order valence-electron chi connectivity index (χ4n) is 1.66. The van der Waals surface area contributed by atoms with Gasteiger partial charge in [-0.1, -0.05) is 6.42 Å². The molecule has 0 aromatic rings. The molecule has 1 rings (SSSR count). The van der Waals surface area contributed by atoms with Crippen LogP contribution in [0.25, 0.3) is 0 Å². The van der Waals surface area contributed by atoms with Crippen molar-refractivity contribution in [1.82, 2.24) is 0 Å². The van der Waals surface area contributed by atoms with Crippen molar-refractivity contribution in [2.75, 3.05) is 7.11 Å². The van der Waals surface area contributed by atoms with Crippen molar-refractivity contribution in [3.63, 3.8) is 0 Å². The van der Waals surface area contributed by atoms with E-state index in [9.17, 15) is 0 Å². The number of hydrogen-bond donors (Lipinski definition) is 0. The van der Waals surface area contributed by atoms with Crippen LogP contribution in [-0.4, -0.2) is 12.7 Å². The Labute approximate surface area is 80.9 Å². The minimum Gasteiger partial charge on any atom is -0.379 e. The Balaban J connectivity index is 2.38. The second-order valence-electron chi connectivity index (χ2n) is 4.71. The smallest absolute Gasteiger partial charge is 0.0689 e. The first-order chi connectivity index (χ1) is 6.04. The van der Waals surface area contributed by atoms with E-state index >= 15 is 0 Å². The normalized spacial score (nSPS) is 20.5. The van der Waals surface area contributed by atoms with E-state index in [0.29, 0.717) is 0 Å². The SMILES string of the molecule is COC(C)(C)CCC1(C#N)CCC1. The largest absolute Gasteiger partial charge is 0.379 e. The van der Waals surface area contributed by atoms with Crippen molar-refractivity contribution in [2.45, 2.75) is 51.6 Å². The van der Waals surface area contributed by atoms with Crippen molar-refractivity contribution < 1.29 is 4.74 Å². The molecule has 0 aromatic carbocycles. The van der Waals surface area contributed by atoms with Gasteiger partial charge >= 0.3 is 0 Å². The quantitative estimate of drug-likeness (QED) is 0.668. The molecule has 0 heterocycles. The molecular formula is C11H19NO. The molecule has 2 nitrogen and oxygen atoms in total. The van der Waals surface area contributed by atoms with Gasteiger partial charge in [-0.05, 0) is 39.5 Å². The Bertz CT molecular complexity index is 211. The highest BCUT2D eigenvalue weighted by atomic mass is 16.5. The maximum Gasteiger partial charge on any atom is 0.0689 e. The lowest BCUT2D eigenvalue weighted by Gasteiger charge is -2.37. The lowest BCUT2D eigenvalue weighted by Crippen LogP contribution is -2.32. The lowest BCUT2D eigenvalue weighted by molar-refractivity contribution is 0.00130. The van der Waals surface area contributed by atoms with Crippen LogP contribution in [0.4, 0.5) is 0 Å². The number of rotatable bonds is 4. The van der Waals surface area contributed by atoms with Gasteiger partial charge < -0.3 is 4.74 Å². The van der Waals surface area contributed by atoms with E-state index in [1.807, 2.05) is 0 Å². The summed E-state index contributed by atoms with van der Waals surface area (Å²) in [6, 6.07) is 2.46. The first-order valence-electron chi connectivity index (χ1n) is 5.00. The van der Waals surface area contributed by atoms with Gasteiger partial charge in [0.2, 0.25) is 0 Å². The highest BCUT2D eigenvalue weighted by Gasteiger charge is 2.38. The Hall–Kier alpha value is -0.550. The highest BCUT2D eigenvalue weighted by molar-refractivity contribution is 5.04. The van der Waals surface area contributed by atoms with Gasteiger partial charge in [0.25, 0.3) is 0 Å². The number of nitrogens with zero attached hydrogens (tertiary/aromatic N) is 1. The molecule has 0 spiro atoms. The fraction of sp³-hybridized carbons (Fsp3) is 0.909. The van der Waals surface area contributed by atoms with Crippen LogP contribution in [0, 0.1) is 16.7 Å². The number of methoxy groups -OCH3 is 1. The number of nitriles is 1. The van der Waals surface area contributed by atoms with Gasteiger partial charge in [0.05, 0.1) is 17.1 Å². The molecule has 0 aromatic heterocycles. The van der Waals surface area contributed by atoms with Gasteiger partial charge in [-0.2, -0.15) is 5.26 Å². The van der Waals surface area contributed by atoms with Crippen LogP contribution in [0.3, 0.4) is 0 Å². The van der Waals surface area contributed by atoms with Crippen LogP contribution in [0.1, 0.15) is 46.0 Å². The average Bonchev–Trinajstić information content (AvgIpc) is 2.03. The van der Waals surface area contributed by atoms with E-state index in [0.717, 1.165) is 25.7 Å². The minimum atomic E-state index is -0.0700. The average molecular weight is 181 g/mol. The molecule has 1 aliphatic rings. The van der Waals surface area contributed by atoms with Gasteiger partial charge in [0, 0.05) is 7.11 Å². The third-order valence-electron chi connectivity index (χ3n) is 3.31. The van der Waals surface area contributed by atoms with Gasteiger partial charge in [-0.3, -0.25) is 0 Å². The van der Waals surface area contributed by atoms with Crippen LogP contribution in [0.2, 0.25) is 0 Å². The number of hydrogen-bond acceptors (Lipinski definition) is 2. The van der Waals surface area contributed by atoms with Crippen LogP contribution >= 0.6 is 0 Å². The van der Waals surface area contributed by atoms with E-state index in [4.69, 9.17) is 10.00 Å². The molecule has 13 heavy (non-hydrogen) atoms. The van der Waals surface area contributed by atoms with Crippen molar-refractivity contribution >= 4 is 0 Å². The Morgan fingerprint density at radius 3 is 2.38 bits per heavy atom. The van der Waals surface area contributed by atoms with Gasteiger partial charge in [-0.25, -0.2) is 0 Å². The molecule has 1 fully saturated rings. The first-order valence-corrected chi connectivity index (χ1v) is 5.00. The Morgan fingerprint density at radius 2 is 2.08 bits per heavy atom. The van der Waals surface area contributed by atoms with E-state index in [2.05, 4.69) is 19.9 Å². The van der Waals surface area contributed by atoms with E-state index in [-0.39, 0.29) is 11.0 Å². The van der Waals surface area contributed by atoms with Gasteiger partial charge in [0.15, 0.2) is 0 Å². The highest BCUT2D eigenvalue weighted by Crippen LogP contribution is 2.45. The molecule has 1 aliphatic carbocycles. The minimum absolute atomic E-state index is 0.00417. The second-order valence-corrected chi connectivity index (χ2v) is 4.71. The standard InChI is InChI=1S/C11H19NO/c1-10(2,13-3)7-8-11(9-12)5-4-6-11/h4-8H2,1-3H3. The Kier molecular flexibility index (Phi) is 2.98. The summed E-state index contributed by atoms with van der Waals surface area (Å²) >= 11 is 0. The summed E-state index contributed by atoms with van der Waals surface area (Å²) in [5.74, 6) is 0. The Morgan fingerprint density at radius 1 is 1.46 bits per heavy atom. The van der Waals surface area contributed by atoms with Crippen LogP contribution in [-0.2, 0) is 4.74 Å². The maximum absolute atomic E-state index is 9.02. The fourth-order valence-corrected chi connectivity index (χ4v) is 1.66. The van der Waals surface area contributed by atoms with Crippen LogP contribution < -0.4 is 0 Å². The van der Waals surface area contributed by atoms with E-state index in [1.54, 1.807) is 7.11 Å². The first kappa shape index (κ1) is 10.5. The molecule has 74 valence electrons.